The van der Waals surface area contributed by atoms with E-state index in [1.54, 1.807) is 4.90 Å². The fraction of sp³-hybridized carbons (Fsp3) is 0.500. The van der Waals surface area contributed by atoms with Crippen molar-refractivity contribution in [3.8, 4) is 5.88 Å². The lowest BCUT2D eigenvalue weighted by atomic mass is 10.2. The lowest BCUT2D eigenvalue weighted by Gasteiger charge is -2.35. The van der Waals surface area contributed by atoms with Crippen LogP contribution in [0.2, 0.25) is 5.02 Å². The number of rotatable bonds is 2. The molecule has 1 fully saturated rings. The Hall–Kier alpha value is -1.90. The number of halogens is 4. The standard InChI is InChI=1S/C12H13ClF3N3O3/c1-22-10-8(6-7(13)9(17-10)12(14,15)16)18-2-4-19(5-3-18)11(20)21/h6H,2-5H2,1H3,(H,20,21). The molecule has 0 aliphatic carbocycles. The number of carboxylic acid groups (broad SMARTS) is 1. The fourth-order valence-electron chi connectivity index (χ4n) is 2.18. The molecule has 0 aromatic carbocycles. The molecule has 2 rings (SSSR count). The van der Waals surface area contributed by atoms with Crippen LogP contribution in [-0.4, -0.2) is 54.4 Å². The molecule has 1 aromatic heterocycles. The topological polar surface area (TPSA) is 65.9 Å². The minimum Gasteiger partial charge on any atom is -0.480 e. The number of methoxy groups -OCH3 is 1. The van der Waals surface area contributed by atoms with Crippen molar-refractivity contribution in [3.63, 3.8) is 0 Å². The maximum absolute atomic E-state index is 12.8. The zero-order chi connectivity index (χ0) is 16.5. The highest BCUT2D eigenvalue weighted by atomic mass is 35.5. The minimum absolute atomic E-state index is 0.194. The molecule has 0 unspecified atom stereocenters. The summed E-state index contributed by atoms with van der Waals surface area (Å²) in [5.74, 6) is -0.194. The highest BCUT2D eigenvalue weighted by Crippen LogP contribution is 2.39. The molecule has 0 spiro atoms. The zero-order valence-corrected chi connectivity index (χ0v) is 12.3. The van der Waals surface area contributed by atoms with E-state index in [1.807, 2.05) is 0 Å². The number of aromatic nitrogens is 1. The summed E-state index contributed by atoms with van der Waals surface area (Å²) >= 11 is 5.67. The number of carbonyl (C=O) groups is 1. The molecule has 0 saturated carbocycles. The van der Waals surface area contributed by atoms with Gasteiger partial charge in [0.25, 0.3) is 0 Å². The monoisotopic (exact) mass is 339 g/mol. The molecule has 122 valence electrons. The van der Waals surface area contributed by atoms with Gasteiger partial charge in [-0.15, -0.1) is 0 Å². The molecule has 0 atom stereocenters. The van der Waals surface area contributed by atoms with Crippen LogP contribution >= 0.6 is 11.6 Å². The molecule has 1 aromatic rings. The molecule has 10 heteroatoms. The summed E-state index contributed by atoms with van der Waals surface area (Å²) in [6, 6.07) is 1.15. The number of piperazine rings is 1. The number of ether oxygens (including phenoxy) is 1. The van der Waals surface area contributed by atoms with Crippen molar-refractivity contribution in [2.45, 2.75) is 6.18 Å². The van der Waals surface area contributed by atoms with Crippen molar-refractivity contribution in [2.24, 2.45) is 0 Å². The third kappa shape index (κ3) is 3.29. The summed E-state index contributed by atoms with van der Waals surface area (Å²) in [7, 11) is 1.22. The Morgan fingerprint density at radius 1 is 1.36 bits per heavy atom. The first-order chi connectivity index (χ1) is 10.2. The average molecular weight is 340 g/mol. The minimum atomic E-state index is -4.68. The molecule has 6 nitrogen and oxygen atoms in total. The zero-order valence-electron chi connectivity index (χ0n) is 11.5. The predicted octanol–water partition coefficient (Wildman–Crippen LogP) is 2.56. The molecular formula is C12H13ClF3N3O3. The van der Waals surface area contributed by atoms with E-state index in [-0.39, 0.29) is 19.0 Å². The van der Waals surface area contributed by atoms with Gasteiger partial charge < -0.3 is 19.6 Å². The molecule has 1 N–H and O–H groups in total. The van der Waals surface area contributed by atoms with Gasteiger partial charge in [-0.1, -0.05) is 11.6 Å². The van der Waals surface area contributed by atoms with E-state index >= 15 is 0 Å². The Kier molecular flexibility index (Phi) is 4.55. The van der Waals surface area contributed by atoms with Crippen molar-refractivity contribution in [2.75, 3.05) is 38.2 Å². The third-order valence-electron chi connectivity index (χ3n) is 3.27. The van der Waals surface area contributed by atoms with Gasteiger partial charge in [0.1, 0.15) is 5.69 Å². The second-order valence-corrected chi connectivity index (χ2v) is 5.01. The number of anilines is 1. The predicted molar refractivity (Wildman–Crippen MR) is 72.6 cm³/mol. The van der Waals surface area contributed by atoms with Gasteiger partial charge in [-0.2, -0.15) is 13.2 Å². The first-order valence-electron chi connectivity index (χ1n) is 6.28. The SMILES string of the molecule is COc1nc(C(F)(F)F)c(Cl)cc1N1CCN(C(=O)O)CC1. The first-order valence-corrected chi connectivity index (χ1v) is 6.66. The van der Waals surface area contributed by atoms with Crippen LogP contribution in [0, 0.1) is 0 Å². The lowest BCUT2D eigenvalue weighted by Crippen LogP contribution is -2.48. The van der Waals surface area contributed by atoms with Gasteiger partial charge in [0.05, 0.1) is 12.1 Å². The van der Waals surface area contributed by atoms with E-state index in [0.29, 0.717) is 18.8 Å². The van der Waals surface area contributed by atoms with Gasteiger partial charge in [0.15, 0.2) is 5.69 Å². The van der Waals surface area contributed by atoms with E-state index in [0.717, 1.165) is 6.07 Å². The smallest absolute Gasteiger partial charge is 0.434 e. The number of nitrogens with zero attached hydrogens (tertiary/aromatic N) is 3. The number of alkyl halides is 3. The van der Waals surface area contributed by atoms with Crippen LogP contribution in [0.25, 0.3) is 0 Å². The Morgan fingerprint density at radius 3 is 2.41 bits per heavy atom. The Balaban J connectivity index is 2.29. The van der Waals surface area contributed by atoms with Crippen molar-refractivity contribution in [3.05, 3.63) is 16.8 Å². The van der Waals surface area contributed by atoms with Gasteiger partial charge in [-0.3, -0.25) is 0 Å². The molecule has 0 bridgehead atoms. The number of hydrogen-bond acceptors (Lipinski definition) is 4. The molecule has 2 heterocycles. The Bertz CT molecular complexity index is 575. The summed E-state index contributed by atoms with van der Waals surface area (Å²) in [5, 5.41) is 8.37. The van der Waals surface area contributed by atoms with Crippen molar-refractivity contribution >= 4 is 23.4 Å². The molecule has 0 radical (unpaired) electrons. The number of pyridine rings is 1. The summed E-state index contributed by atoms with van der Waals surface area (Å²) in [5.41, 5.74) is -0.899. The van der Waals surface area contributed by atoms with Gasteiger partial charge in [0.2, 0.25) is 5.88 Å². The van der Waals surface area contributed by atoms with Crippen LogP contribution in [0.1, 0.15) is 5.69 Å². The highest BCUT2D eigenvalue weighted by Gasteiger charge is 2.37. The largest absolute Gasteiger partial charge is 0.480 e. The van der Waals surface area contributed by atoms with Crippen LogP contribution < -0.4 is 9.64 Å². The quantitative estimate of drug-likeness (QED) is 0.897. The van der Waals surface area contributed by atoms with Gasteiger partial charge in [-0.25, -0.2) is 9.78 Å². The van der Waals surface area contributed by atoms with Crippen LogP contribution in [-0.2, 0) is 6.18 Å². The van der Waals surface area contributed by atoms with E-state index in [4.69, 9.17) is 21.4 Å². The van der Waals surface area contributed by atoms with Gasteiger partial charge in [0, 0.05) is 26.2 Å². The second-order valence-electron chi connectivity index (χ2n) is 4.60. The van der Waals surface area contributed by atoms with Crippen LogP contribution in [0.5, 0.6) is 5.88 Å². The van der Waals surface area contributed by atoms with Crippen LogP contribution in [0.4, 0.5) is 23.7 Å². The average Bonchev–Trinajstić information content (AvgIpc) is 2.45. The van der Waals surface area contributed by atoms with E-state index in [2.05, 4.69) is 4.98 Å². The van der Waals surface area contributed by atoms with E-state index in [1.165, 1.54) is 12.0 Å². The van der Waals surface area contributed by atoms with Crippen molar-refractivity contribution < 1.29 is 27.8 Å². The van der Waals surface area contributed by atoms with E-state index in [9.17, 15) is 18.0 Å². The molecule has 1 saturated heterocycles. The van der Waals surface area contributed by atoms with Crippen LogP contribution in [0.3, 0.4) is 0 Å². The summed E-state index contributed by atoms with van der Waals surface area (Å²) in [6.07, 6.45) is -5.71. The Labute approximate surface area is 129 Å². The lowest BCUT2D eigenvalue weighted by molar-refractivity contribution is -0.141. The van der Waals surface area contributed by atoms with Gasteiger partial charge in [-0.05, 0) is 6.07 Å². The Morgan fingerprint density at radius 2 is 1.95 bits per heavy atom. The summed E-state index contributed by atoms with van der Waals surface area (Å²) in [6.45, 7) is 1.09. The molecule has 1 aliphatic heterocycles. The molecule has 22 heavy (non-hydrogen) atoms. The maximum Gasteiger partial charge on any atom is 0.434 e. The summed E-state index contributed by atoms with van der Waals surface area (Å²) < 4.78 is 43.3. The van der Waals surface area contributed by atoms with Crippen LogP contribution in [0.15, 0.2) is 6.07 Å². The maximum atomic E-state index is 12.8. The fourth-order valence-corrected chi connectivity index (χ4v) is 2.43. The number of amides is 1. The normalized spacial score (nSPS) is 15.9. The summed E-state index contributed by atoms with van der Waals surface area (Å²) in [4.78, 5) is 17.2. The van der Waals surface area contributed by atoms with E-state index < -0.39 is 23.0 Å². The molecular weight excluding hydrogens is 327 g/mol. The third-order valence-corrected chi connectivity index (χ3v) is 3.56. The first kappa shape index (κ1) is 16.5. The second kappa shape index (κ2) is 6.07. The van der Waals surface area contributed by atoms with Crippen molar-refractivity contribution in [1.82, 2.24) is 9.88 Å². The molecule has 1 aliphatic rings. The van der Waals surface area contributed by atoms with Gasteiger partial charge >= 0.3 is 12.3 Å². The van der Waals surface area contributed by atoms with Crippen molar-refractivity contribution in [1.29, 1.82) is 0 Å². The highest BCUT2D eigenvalue weighted by molar-refractivity contribution is 6.31. The number of hydrogen-bond donors (Lipinski definition) is 1. The molecule has 1 amide bonds.